The van der Waals surface area contributed by atoms with Crippen LogP contribution in [0.1, 0.15) is 90.9 Å². The van der Waals surface area contributed by atoms with Gasteiger partial charge in [-0.1, -0.05) is 87.4 Å². The summed E-state index contributed by atoms with van der Waals surface area (Å²) in [5.41, 5.74) is 0. The van der Waals surface area contributed by atoms with Crippen molar-refractivity contribution in [3.8, 4) is 0 Å². The third-order valence-corrected chi connectivity index (χ3v) is 6.92. The molecule has 1 fully saturated rings. The molecule has 9 nitrogen and oxygen atoms in total. The molecule has 252 valence electrons. The van der Waals surface area contributed by atoms with E-state index in [1.54, 1.807) is 0 Å². The van der Waals surface area contributed by atoms with Crippen molar-refractivity contribution in [3.05, 3.63) is 60.8 Å². The first-order valence-electron chi connectivity index (χ1n) is 16.4. The largest absolute Gasteiger partial charge is 0.457 e. The van der Waals surface area contributed by atoms with E-state index in [9.17, 15) is 25.2 Å². The molecule has 6 atom stereocenters. The van der Waals surface area contributed by atoms with Gasteiger partial charge in [0.1, 0.15) is 30.5 Å². The Labute approximate surface area is 264 Å². The lowest BCUT2D eigenvalue weighted by Gasteiger charge is -2.39. The lowest BCUT2D eigenvalue weighted by atomic mass is 9.99. The molecule has 1 heterocycles. The summed E-state index contributed by atoms with van der Waals surface area (Å²) in [6, 6.07) is 0. The summed E-state index contributed by atoms with van der Waals surface area (Å²) in [6.07, 6.45) is 25.5. The van der Waals surface area contributed by atoms with Crippen molar-refractivity contribution < 1.29 is 44.2 Å². The highest BCUT2D eigenvalue weighted by Crippen LogP contribution is 2.22. The van der Waals surface area contributed by atoms with Gasteiger partial charge in [-0.05, 0) is 57.8 Å². The minimum absolute atomic E-state index is 0.118. The number of carbonyl (C=O) groups is 1. The van der Waals surface area contributed by atoms with Crippen LogP contribution < -0.4 is 0 Å². The zero-order valence-corrected chi connectivity index (χ0v) is 26.9. The first-order valence-corrected chi connectivity index (χ1v) is 16.4. The number of allylic oxidation sites excluding steroid dienone is 10. The molecule has 1 aliphatic rings. The van der Waals surface area contributed by atoms with Gasteiger partial charge in [-0.25, -0.2) is 0 Å². The van der Waals surface area contributed by atoms with Crippen LogP contribution in [0.3, 0.4) is 0 Å². The van der Waals surface area contributed by atoms with Crippen molar-refractivity contribution in [3.63, 3.8) is 0 Å². The van der Waals surface area contributed by atoms with E-state index in [2.05, 4.69) is 67.7 Å². The smallest absolute Gasteiger partial charge is 0.306 e. The number of unbranched alkanes of at least 4 members (excludes halogenated alkanes) is 4. The third kappa shape index (κ3) is 19.3. The Morgan fingerprint density at radius 2 is 1.34 bits per heavy atom. The average molecular weight is 623 g/mol. The standard InChI is InChI=1S/C35H58O9/c1-3-5-6-7-8-9-10-11-12-13-14-15-16-17-18-19-20-21-22-23-25-41-27-29(43-31(37)24-4-2)28-42-35-34(40)33(39)32(38)30(26-36)44-35/h5-6,8-9,11-12,14-15,17-18,29-30,32-36,38-40H,3-4,7,10,13,16,19-28H2,1-2H3/b6-5-,9-8-,12-11-,15-14-,18-17-. The van der Waals surface area contributed by atoms with Crippen molar-refractivity contribution >= 4 is 5.97 Å². The van der Waals surface area contributed by atoms with Crippen molar-refractivity contribution in [1.82, 2.24) is 0 Å². The fourth-order valence-electron chi connectivity index (χ4n) is 4.38. The highest BCUT2D eigenvalue weighted by molar-refractivity contribution is 5.69. The molecule has 1 rings (SSSR count). The molecule has 0 aromatic heterocycles. The van der Waals surface area contributed by atoms with Gasteiger partial charge in [-0.15, -0.1) is 0 Å². The van der Waals surface area contributed by atoms with Crippen molar-refractivity contribution in [1.29, 1.82) is 0 Å². The average Bonchev–Trinajstić information content (AvgIpc) is 3.01. The zero-order chi connectivity index (χ0) is 32.3. The number of aliphatic hydroxyl groups is 4. The van der Waals surface area contributed by atoms with Crippen LogP contribution in [0.15, 0.2) is 60.8 Å². The Hall–Kier alpha value is -2.11. The van der Waals surface area contributed by atoms with Gasteiger partial charge in [0.2, 0.25) is 0 Å². The minimum atomic E-state index is -1.54. The Kier molecular flexibility index (Phi) is 24.7. The van der Waals surface area contributed by atoms with E-state index in [4.69, 9.17) is 18.9 Å². The lowest BCUT2D eigenvalue weighted by Crippen LogP contribution is -2.59. The van der Waals surface area contributed by atoms with E-state index >= 15 is 0 Å². The number of rotatable bonds is 25. The monoisotopic (exact) mass is 622 g/mol. The van der Waals surface area contributed by atoms with Crippen LogP contribution in [0.4, 0.5) is 0 Å². The van der Waals surface area contributed by atoms with Gasteiger partial charge in [0.15, 0.2) is 6.29 Å². The molecule has 0 bridgehead atoms. The summed E-state index contributed by atoms with van der Waals surface area (Å²) in [5, 5.41) is 39.4. The number of hydrogen-bond donors (Lipinski definition) is 4. The van der Waals surface area contributed by atoms with Crippen LogP contribution in [0.25, 0.3) is 0 Å². The quantitative estimate of drug-likeness (QED) is 0.0613. The van der Waals surface area contributed by atoms with Gasteiger partial charge in [0, 0.05) is 13.0 Å². The molecule has 0 aromatic carbocycles. The van der Waals surface area contributed by atoms with Gasteiger partial charge >= 0.3 is 5.97 Å². The molecule has 1 saturated heterocycles. The third-order valence-electron chi connectivity index (χ3n) is 6.92. The van der Waals surface area contributed by atoms with E-state index < -0.39 is 43.4 Å². The second-order valence-corrected chi connectivity index (χ2v) is 10.9. The summed E-state index contributed by atoms with van der Waals surface area (Å²) < 4.78 is 22.1. The van der Waals surface area contributed by atoms with E-state index in [0.29, 0.717) is 13.0 Å². The predicted molar refractivity (Wildman–Crippen MR) is 173 cm³/mol. The SMILES string of the molecule is CC/C=C\C/C=C\C/C=C\C/C=C\C/C=C\CCCCCCOCC(COC1OC(CO)C(O)C(O)C1O)OC(=O)CCC. The van der Waals surface area contributed by atoms with Crippen LogP contribution in [-0.2, 0) is 23.7 Å². The maximum atomic E-state index is 12.1. The first kappa shape index (κ1) is 39.9. The summed E-state index contributed by atoms with van der Waals surface area (Å²) in [7, 11) is 0. The molecule has 0 aromatic rings. The molecule has 0 spiro atoms. The van der Waals surface area contributed by atoms with Crippen LogP contribution in [-0.4, -0.2) is 89.6 Å². The molecule has 4 N–H and O–H groups in total. The Morgan fingerprint density at radius 1 is 0.750 bits per heavy atom. The number of ether oxygens (including phenoxy) is 4. The van der Waals surface area contributed by atoms with Gasteiger partial charge in [-0.2, -0.15) is 0 Å². The van der Waals surface area contributed by atoms with Crippen molar-refractivity contribution in [2.45, 2.75) is 128 Å². The first-order chi connectivity index (χ1) is 21.4. The Morgan fingerprint density at radius 3 is 1.93 bits per heavy atom. The number of aliphatic hydroxyl groups excluding tert-OH is 4. The van der Waals surface area contributed by atoms with Crippen LogP contribution in [0, 0.1) is 0 Å². The Balaban J connectivity index is 2.17. The molecule has 0 saturated carbocycles. The molecular formula is C35H58O9. The van der Waals surface area contributed by atoms with E-state index in [1.165, 1.54) is 0 Å². The molecule has 6 unspecified atom stereocenters. The zero-order valence-electron chi connectivity index (χ0n) is 26.9. The minimum Gasteiger partial charge on any atom is -0.457 e. The maximum absolute atomic E-state index is 12.1. The predicted octanol–water partition coefficient (Wildman–Crippen LogP) is 5.23. The van der Waals surface area contributed by atoms with Crippen LogP contribution in [0.5, 0.6) is 0 Å². The summed E-state index contributed by atoms with van der Waals surface area (Å²) >= 11 is 0. The van der Waals surface area contributed by atoms with E-state index in [-0.39, 0.29) is 25.6 Å². The number of hydrogen-bond acceptors (Lipinski definition) is 9. The summed E-state index contributed by atoms with van der Waals surface area (Å²) in [4.78, 5) is 12.1. The topological polar surface area (TPSA) is 135 Å². The van der Waals surface area contributed by atoms with Gasteiger partial charge < -0.3 is 39.4 Å². The molecular weight excluding hydrogens is 564 g/mol. The van der Waals surface area contributed by atoms with E-state index in [1.807, 2.05) is 6.92 Å². The molecule has 0 aliphatic carbocycles. The van der Waals surface area contributed by atoms with Gasteiger partial charge in [-0.3, -0.25) is 4.79 Å². The van der Waals surface area contributed by atoms with Gasteiger partial charge in [0.25, 0.3) is 0 Å². The van der Waals surface area contributed by atoms with Crippen molar-refractivity contribution in [2.24, 2.45) is 0 Å². The lowest BCUT2D eigenvalue weighted by molar-refractivity contribution is -0.305. The summed E-state index contributed by atoms with van der Waals surface area (Å²) in [6.45, 7) is 3.97. The highest BCUT2D eigenvalue weighted by atomic mass is 16.7. The fraction of sp³-hybridized carbons (Fsp3) is 0.686. The molecule has 1 aliphatic heterocycles. The van der Waals surface area contributed by atoms with Crippen LogP contribution in [0.2, 0.25) is 0 Å². The number of carbonyl (C=O) groups excluding carboxylic acids is 1. The van der Waals surface area contributed by atoms with E-state index in [0.717, 1.165) is 64.2 Å². The molecule has 44 heavy (non-hydrogen) atoms. The second-order valence-electron chi connectivity index (χ2n) is 10.9. The normalized spacial score (nSPS) is 23.6. The van der Waals surface area contributed by atoms with Gasteiger partial charge in [0.05, 0.1) is 19.8 Å². The summed E-state index contributed by atoms with van der Waals surface area (Å²) in [5.74, 6) is -0.381. The fourth-order valence-corrected chi connectivity index (χ4v) is 4.38. The van der Waals surface area contributed by atoms with Crippen molar-refractivity contribution in [2.75, 3.05) is 26.4 Å². The number of esters is 1. The highest BCUT2D eigenvalue weighted by Gasteiger charge is 2.44. The second kappa shape index (κ2) is 27.2. The molecule has 0 amide bonds. The Bertz CT molecular complexity index is 849. The molecule has 0 radical (unpaired) electrons. The maximum Gasteiger partial charge on any atom is 0.306 e. The molecule has 9 heteroatoms. The van der Waals surface area contributed by atoms with Crippen LogP contribution >= 0.6 is 0 Å².